The van der Waals surface area contributed by atoms with Crippen LogP contribution in [0.25, 0.3) is 76.3 Å². The second-order valence-corrected chi connectivity index (χ2v) is 19.2. The van der Waals surface area contributed by atoms with Gasteiger partial charge >= 0.3 is 0 Å². The SMILES string of the molecule is CN1CC23CC4CC5C=C6Cc7cc8c9c%10c%11c%12c%13c(c6c7c9%12)C5c5c4c2c2c4c(cc6c(c4c%11c2c5%13)C%10C(C=6)C8)C3C1c1cccs1. The van der Waals surface area contributed by atoms with Gasteiger partial charge in [0.05, 0.1) is 6.04 Å². The molecule has 0 bridgehead atoms. The van der Waals surface area contributed by atoms with Crippen LogP contribution in [0.2, 0.25) is 0 Å². The second kappa shape index (κ2) is 5.84. The number of hydrogen-bond donors (Lipinski definition) is 0. The zero-order valence-electron chi connectivity index (χ0n) is 26.5. The molecule has 0 saturated carbocycles. The number of benzene rings is 5. The Labute approximate surface area is 279 Å². The Morgan fingerprint density at radius 3 is 2.50 bits per heavy atom. The first-order valence-corrected chi connectivity index (χ1v) is 19.7. The third-order valence-corrected chi connectivity index (χ3v) is 18.0. The summed E-state index contributed by atoms with van der Waals surface area (Å²) in [6, 6.07) is 10.8. The van der Waals surface area contributed by atoms with Gasteiger partial charge in [-0.1, -0.05) is 30.4 Å². The van der Waals surface area contributed by atoms with E-state index in [2.05, 4.69) is 53.7 Å². The van der Waals surface area contributed by atoms with Crippen LogP contribution in [0.4, 0.5) is 0 Å². The first-order valence-electron chi connectivity index (χ1n) is 18.8. The van der Waals surface area contributed by atoms with Crippen LogP contribution < -0.4 is 5.22 Å². The molecular weight excluding hydrogens is 599 g/mol. The number of thiophene rings is 1. The third-order valence-electron chi connectivity index (χ3n) is 17.1. The zero-order valence-corrected chi connectivity index (χ0v) is 27.3. The maximum atomic E-state index is 2.86. The van der Waals surface area contributed by atoms with Crippen LogP contribution in [-0.4, -0.2) is 18.5 Å². The van der Waals surface area contributed by atoms with Crippen LogP contribution in [0, 0.1) is 11.8 Å². The van der Waals surface area contributed by atoms with Crippen molar-refractivity contribution in [1.82, 2.24) is 4.90 Å². The van der Waals surface area contributed by atoms with E-state index >= 15 is 0 Å². The van der Waals surface area contributed by atoms with Crippen LogP contribution in [-0.2, 0) is 18.3 Å². The van der Waals surface area contributed by atoms with Crippen molar-refractivity contribution >= 4 is 87.6 Å². The molecule has 1 aliphatic heterocycles. The highest BCUT2D eigenvalue weighted by molar-refractivity contribution is 7.10. The molecule has 1 fully saturated rings. The predicted molar refractivity (Wildman–Crippen MR) is 196 cm³/mol. The molecule has 0 amide bonds. The summed E-state index contributed by atoms with van der Waals surface area (Å²) in [6.45, 7) is 1.21. The van der Waals surface area contributed by atoms with Crippen LogP contribution in [0.3, 0.4) is 0 Å². The van der Waals surface area contributed by atoms with Crippen molar-refractivity contribution in [3.63, 3.8) is 0 Å². The highest BCUT2D eigenvalue weighted by Gasteiger charge is 2.65. The van der Waals surface area contributed by atoms with Gasteiger partial charge in [0.1, 0.15) is 0 Å². The fourth-order valence-electron chi connectivity index (χ4n) is 16.6. The lowest BCUT2D eigenvalue weighted by Crippen LogP contribution is -2.34. The molecule has 10 aliphatic rings. The molecule has 2 heteroatoms. The van der Waals surface area contributed by atoms with Crippen molar-refractivity contribution in [2.24, 2.45) is 11.8 Å². The van der Waals surface area contributed by atoms with E-state index in [4.69, 9.17) is 0 Å². The molecule has 1 aromatic heterocycles. The van der Waals surface area contributed by atoms with Crippen molar-refractivity contribution in [2.45, 2.75) is 60.8 Å². The molecule has 1 nitrogen and oxygen atoms in total. The van der Waals surface area contributed by atoms with Crippen LogP contribution in [0.15, 0.2) is 35.7 Å². The summed E-state index contributed by atoms with van der Waals surface area (Å²) in [5.41, 5.74) is 19.6. The van der Waals surface area contributed by atoms with Crippen LogP contribution >= 0.6 is 11.3 Å². The van der Waals surface area contributed by atoms with E-state index in [-0.39, 0.29) is 5.41 Å². The van der Waals surface area contributed by atoms with Gasteiger partial charge in [0.2, 0.25) is 0 Å². The molecule has 0 N–H and O–H groups in total. The molecule has 1 saturated heterocycles. The van der Waals surface area contributed by atoms with Crippen molar-refractivity contribution in [3.05, 3.63) is 101 Å². The number of fused-ring (bicyclic) bond motifs is 1. The number of rotatable bonds is 1. The molecule has 1 spiro atoms. The molecule has 8 aromatic rings. The van der Waals surface area contributed by atoms with Crippen molar-refractivity contribution in [1.29, 1.82) is 0 Å². The maximum Gasteiger partial charge on any atom is 0.0516 e. The average Bonchev–Trinajstić information content (AvgIpc) is 3.92. The summed E-state index contributed by atoms with van der Waals surface area (Å²) < 4.78 is 0. The molecule has 18 rings (SSSR count). The maximum absolute atomic E-state index is 2.86. The van der Waals surface area contributed by atoms with Gasteiger partial charge in [0.15, 0.2) is 0 Å². The molecule has 9 aliphatic carbocycles. The van der Waals surface area contributed by atoms with Gasteiger partial charge in [-0.15, -0.1) is 11.3 Å². The molecule has 0 radical (unpaired) electrons. The van der Waals surface area contributed by atoms with Gasteiger partial charge in [0.25, 0.3) is 0 Å². The smallest absolute Gasteiger partial charge is 0.0516 e. The Morgan fingerprint density at radius 1 is 0.750 bits per heavy atom. The average molecular weight is 626 g/mol. The Morgan fingerprint density at radius 2 is 1.58 bits per heavy atom. The Bertz CT molecular complexity index is 3260. The number of likely N-dealkylation sites (N-methyl/N-ethyl adjacent to an activating group) is 1. The Balaban J connectivity index is 1.23. The quantitative estimate of drug-likeness (QED) is 0.164. The minimum absolute atomic E-state index is 0.207. The van der Waals surface area contributed by atoms with Crippen LogP contribution in [0.5, 0.6) is 0 Å². The van der Waals surface area contributed by atoms with E-state index in [0.717, 1.165) is 0 Å². The summed E-state index contributed by atoms with van der Waals surface area (Å²) >= 11 is 2.01. The summed E-state index contributed by atoms with van der Waals surface area (Å²) in [5.74, 6) is 3.61. The van der Waals surface area contributed by atoms with E-state index in [9.17, 15) is 0 Å². The fraction of sp³-hybridized carbons (Fsp3) is 0.304. The van der Waals surface area contributed by atoms with Gasteiger partial charge in [-0.05, 0) is 193 Å². The number of hydrogen-bond acceptors (Lipinski definition) is 2. The lowest BCUT2D eigenvalue weighted by molar-refractivity contribution is 0.304. The third kappa shape index (κ3) is 1.62. The van der Waals surface area contributed by atoms with Gasteiger partial charge in [-0.25, -0.2) is 0 Å². The van der Waals surface area contributed by atoms with Gasteiger partial charge < -0.3 is 0 Å². The monoisotopic (exact) mass is 625 g/mol. The first kappa shape index (κ1) is 21.9. The van der Waals surface area contributed by atoms with Gasteiger partial charge in [0, 0.05) is 34.6 Å². The van der Waals surface area contributed by atoms with E-state index in [1.54, 1.807) is 114 Å². The van der Waals surface area contributed by atoms with Gasteiger partial charge in [-0.3, -0.25) is 4.90 Å². The highest BCUT2D eigenvalue weighted by Crippen LogP contribution is 2.77. The van der Waals surface area contributed by atoms with Gasteiger partial charge in [-0.2, -0.15) is 0 Å². The topological polar surface area (TPSA) is 3.24 Å². The predicted octanol–water partition coefficient (Wildman–Crippen LogP) is 9.60. The summed E-state index contributed by atoms with van der Waals surface area (Å²) in [6.07, 6.45) is 10.7. The van der Waals surface area contributed by atoms with Crippen molar-refractivity contribution in [2.75, 3.05) is 13.6 Å². The highest BCUT2D eigenvalue weighted by atomic mass is 32.1. The molecule has 7 aromatic carbocycles. The summed E-state index contributed by atoms with van der Waals surface area (Å²) in [7, 11) is 2.48. The Hall–Kier alpha value is -3.98. The number of likely N-dealkylation sites (tertiary alicyclic amines) is 1. The zero-order chi connectivity index (χ0) is 29.7. The number of nitrogens with zero attached hydrogens (tertiary/aromatic N) is 1. The van der Waals surface area contributed by atoms with Crippen molar-refractivity contribution in [3.8, 4) is 0 Å². The minimum atomic E-state index is 0.207. The molecule has 222 valence electrons. The first-order chi connectivity index (χ1) is 23.7. The summed E-state index contributed by atoms with van der Waals surface area (Å²) in [5, 5.41) is 24.7. The van der Waals surface area contributed by atoms with E-state index in [1.807, 2.05) is 33.6 Å². The Kier molecular flexibility index (Phi) is 2.66. The fourth-order valence-corrected chi connectivity index (χ4v) is 17.6. The molecule has 8 unspecified atom stereocenters. The largest absolute Gasteiger partial charge is 0.297 e. The molecular formula is C46H27NS. The lowest BCUT2D eigenvalue weighted by Gasteiger charge is -2.39. The summed E-state index contributed by atoms with van der Waals surface area (Å²) in [4.78, 5) is 4.40. The van der Waals surface area contributed by atoms with E-state index in [0.29, 0.717) is 41.5 Å². The molecule has 2 heterocycles. The molecule has 48 heavy (non-hydrogen) atoms. The standard InChI is InChI=1S/C46H27NS/c1-47-13-46-12-20-10-18-8-15-5-14-6-17-7-16-9-19-11-21(43(46)45(47)22-3-2-4-48-22)30-35-26(19)25(16)32-27(17)31-23(14)24(15)33-28(18)34-29(20)44(46)42(30)41-39(34)37(33)36(31)38(32)40(35)41/h2-4,6,8-9,11,16,18,20,25,28,43,45H,5,7,10,12-13H2,1H3. The van der Waals surface area contributed by atoms with Crippen LogP contribution in [0.1, 0.15) is 103 Å². The number of allylic oxidation sites excluding steroid dienone is 2. The normalized spacial score (nSPS) is 34.9. The lowest BCUT2D eigenvalue weighted by atomic mass is 9.63. The van der Waals surface area contributed by atoms with E-state index in [1.165, 1.54) is 32.2 Å². The van der Waals surface area contributed by atoms with Crippen molar-refractivity contribution < 1.29 is 0 Å². The van der Waals surface area contributed by atoms with E-state index < -0.39 is 0 Å². The minimum Gasteiger partial charge on any atom is -0.297 e. The molecule has 8 atom stereocenters. The second-order valence-electron chi connectivity index (χ2n) is 18.2.